The lowest BCUT2D eigenvalue weighted by Gasteiger charge is -2.24. The van der Waals surface area contributed by atoms with Crippen LogP contribution in [0.15, 0.2) is 52.8 Å². The molecule has 0 bridgehead atoms. The van der Waals surface area contributed by atoms with Crippen molar-refractivity contribution in [3.63, 3.8) is 0 Å². The molecule has 1 heterocycles. The molecule has 0 fully saturated rings. The second kappa shape index (κ2) is 9.25. The van der Waals surface area contributed by atoms with E-state index in [9.17, 15) is 9.59 Å². The summed E-state index contributed by atoms with van der Waals surface area (Å²) in [6, 6.07) is 10.1. The van der Waals surface area contributed by atoms with Crippen LogP contribution >= 0.6 is 0 Å². The smallest absolute Gasteiger partial charge is 0.335 e. The molecule has 0 aromatic heterocycles. The van der Waals surface area contributed by atoms with Gasteiger partial charge in [0.2, 0.25) is 0 Å². The largest absolute Gasteiger partial charge is 0.497 e. The van der Waals surface area contributed by atoms with E-state index >= 15 is 0 Å². The topological polar surface area (TPSA) is 99.0 Å². The molecular weight excluding hydrogens is 390 g/mol. The molecule has 1 aliphatic rings. The van der Waals surface area contributed by atoms with Gasteiger partial charge in [0.25, 0.3) is 0 Å². The predicted molar refractivity (Wildman–Crippen MR) is 107 cm³/mol. The van der Waals surface area contributed by atoms with Crippen LogP contribution < -0.4 is 14.2 Å². The summed E-state index contributed by atoms with van der Waals surface area (Å²) in [6.45, 7) is 0.282. The molecule has 2 unspecified atom stereocenters. The van der Waals surface area contributed by atoms with E-state index < -0.39 is 18.1 Å². The fourth-order valence-corrected chi connectivity index (χ4v) is 3.19. The van der Waals surface area contributed by atoms with E-state index in [1.165, 1.54) is 26.3 Å². The average molecular weight is 413 g/mol. The molecule has 30 heavy (non-hydrogen) atoms. The molecule has 9 heteroatoms. The van der Waals surface area contributed by atoms with Crippen molar-refractivity contribution in [2.45, 2.75) is 18.6 Å². The molecule has 0 saturated heterocycles. The van der Waals surface area contributed by atoms with Crippen LogP contribution in [0.2, 0.25) is 0 Å². The third kappa shape index (κ3) is 4.19. The second-order valence-corrected chi connectivity index (χ2v) is 6.50. The summed E-state index contributed by atoms with van der Waals surface area (Å²) >= 11 is 0. The molecule has 9 nitrogen and oxygen atoms in total. The van der Waals surface area contributed by atoms with Crippen LogP contribution in [0, 0.1) is 0 Å². The van der Waals surface area contributed by atoms with E-state index in [1.54, 1.807) is 25.3 Å². The van der Waals surface area contributed by atoms with Gasteiger partial charge in [0.05, 0.1) is 35.0 Å². The maximum Gasteiger partial charge on any atom is 0.335 e. The van der Waals surface area contributed by atoms with Crippen molar-refractivity contribution >= 4 is 11.8 Å². The van der Waals surface area contributed by atoms with Crippen molar-refractivity contribution < 1.29 is 28.5 Å². The maximum absolute atomic E-state index is 13.4. The third-order valence-corrected chi connectivity index (χ3v) is 4.79. The van der Waals surface area contributed by atoms with Gasteiger partial charge >= 0.3 is 5.97 Å². The van der Waals surface area contributed by atoms with E-state index in [2.05, 4.69) is 10.3 Å². The minimum Gasteiger partial charge on any atom is -0.497 e. The molecule has 158 valence electrons. The van der Waals surface area contributed by atoms with Crippen molar-refractivity contribution in [3.05, 3.63) is 53.6 Å². The van der Waals surface area contributed by atoms with Crippen molar-refractivity contribution in [2.24, 2.45) is 10.3 Å². The first-order valence-electron chi connectivity index (χ1n) is 9.16. The number of methoxy groups -OCH3 is 4. The second-order valence-electron chi connectivity index (χ2n) is 6.50. The molecule has 0 radical (unpaired) electrons. The van der Waals surface area contributed by atoms with Crippen molar-refractivity contribution in [1.82, 2.24) is 5.01 Å². The Hall–Kier alpha value is -3.62. The molecule has 2 aromatic rings. The quantitative estimate of drug-likeness (QED) is 0.485. The summed E-state index contributed by atoms with van der Waals surface area (Å²) in [5.74, 6) is 0.660. The van der Waals surface area contributed by atoms with Gasteiger partial charge < -0.3 is 18.9 Å². The highest BCUT2D eigenvalue weighted by Crippen LogP contribution is 2.31. The Morgan fingerprint density at radius 2 is 1.63 bits per heavy atom. The Balaban J connectivity index is 1.90. The van der Waals surface area contributed by atoms with E-state index in [1.807, 2.05) is 24.3 Å². The average Bonchev–Trinajstić information content (AvgIpc) is 3.21. The number of nitrogens with zero attached hydrogens (tertiary/aromatic N) is 3. The summed E-state index contributed by atoms with van der Waals surface area (Å²) in [7, 11) is 5.84. The Bertz CT molecular complexity index is 944. The Labute approximate surface area is 174 Å². The first-order chi connectivity index (χ1) is 14.5. The summed E-state index contributed by atoms with van der Waals surface area (Å²) in [6.07, 6.45) is 0. The number of hydrogen-bond acceptors (Lipinski definition) is 9. The zero-order valence-electron chi connectivity index (χ0n) is 17.2. The molecular formula is C21H23N3O6. The Morgan fingerprint density at radius 3 is 2.23 bits per heavy atom. The Kier molecular flexibility index (Phi) is 6.51. The van der Waals surface area contributed by atoms with Crippen LogP contribution in [0.25, 0.3) is 0 Å². The summed E-state index contributed by atoms with van der Waals surface area (Å²) in [5.41, 5.74) is 1.23. The van der Waals surface area contributed by atoms with Gasteiger partial charge in [-0.05, 0) is 35.9 Å². The number of esters is 1. The van der Waals surface area contributed by atoms with Gasteiger partial charge in [-0.15, -0.1) is 0 Å². The molecule has 0 saturated carbocycles. The molecule has 0 N–H and O–H groups in total. The number of Topliss-reactive ketones (excluding diaryl/α,β-unsaturated/α-hetero) is 1. The van der Waals surface area contributed by atoms with Gasteiger partial charge in [-0.1, -0.05) is 17.4 Å². The number of ketones is 1. The number of ether oxygens (including phenoxy) is 4. The van der Waals surface area contributed by atoms with Gasteiger partial charge in [-0.25, -0.2) is 4.79 Å². The van der Waals surface area contributed by atoms with E-state index in [-0.39, 0.29) is 12.3 Å². The lowest BCUT2D eigenvalue weighted by atomic mass is 9.97. The summed E-state index contributed by atoms with van der Waals surface area (Å²) < 4.78 is 20.5. The molecule has 3 rings (SSSR count). The standard InChI is InChI=1S/C21H23N3O6/c1-27-15-8-5-13(6-9-15)12-24-19(18(22-23-24)21(26)30-4)20(25)14-7-10-16(28-2)17(11-14)29-3/h5-11,18-19H,12H2,1-4H3. The van der Waals surface area contributed by atoms with E-state index in [0.717, 1.165) is 5.56 Å². The molecule has 1 aliphatic heterocycles. The van der Waals surface area contributed by atoms with Gasteiger partial charge in [-0.3, -0.25) is 9.80 Å². The predicted octanol–water partition coefficient (Wildman–Crippen LogP) is 2.69. The van der Waals surface area contributed by atoms with Gasteiger partial charge in [-0.2, -0.15) is 5.11 Å². The highest BCUT2D eigenvalue weighted by Gasteiger charge is 2.44. The molecule has 0 aliphatic carbocycles. The van der Waals surface area contributed by atoms with Gasteiger partial charge in [0.1, 0.15) is 11.8 Å². The minimum atomic E-state index is -1.06. The number of hydrogen-bond donors (Lipinski definition) is 0. The van der Waals surface area contributed by atoms with Crippen LogP contribution in [0.1, 0.15) is 15.9 Å². The lowest BCUT2D eigenvalue weighted by molar-refractivity contribution is -0.142. The first kappa shape index (κ1) is 21.1. The monoisotopic (exact) mass is 413 g/mol. The summed E-state index contributed by atoms with van der Waals surface area (Å²) in [4.78, 5) is 25.6. The molecule has 2 aromatic carbocycles. The molecule has 0 spiro atoms. The van der Waals surface area contributed by atoms with Crippen LogP contribution in [0.3, 0.4) is 0 Å². The molecule has 2 atom stereocenters. The van der Waals surface area contributed by atoms with Crippen LogP contribution in [-0.2, 0) is 16.1 Å². The fraction of sp³-hybridized carbons (Fsp3) is 0.333. The van der Waals surface area contributed by atoms with E-state index in [0.29, 0.717) is 22.8 Å². The first-order valence-corrected chi connectivity index (χ1v) is 9.16. The highest BCUT2D eigenvalue weighted by atomic mass is 16.5. The summed E-state index contributed by atoms with van der Waals surface area (Å²) in [5, 5.41) is 9.56. The number of benzene rings is 2. The zero-order chi connectivity index (χ0) is 21.7. The highest BCUT2D eigenvalue weighted by molar-refractivity contribution is 6.04. The number of rotatable bonds is 8. The van der Waals surface area contributed by atoms with Crippen LogP contribution in [-0.4, -0.2) is 57.3 Å². The maximum atomic E-state index is 13.4. The normalized spacial score (nSPS) is 17.5. The fourth-order valence-electron chi connectivity index (χ4n) is 3.19. The number of carbonyl (C=O) groups is 2. The third-order valence-electron chi connectivity index (χ3n) is 4.79. The number of carbonyl (C=O) groups excluding carboxylic acids is 2. The van der Waals surface area contributed by atoms with Crippen LogP contribution in [0.4, 0.5) is 0 Å². The van der Waals surface area contributed by atoms with Crippen LogP contribution in [0.5, 0.6) is 17.2 Å². The zero-order valence-corrected chi connectivity index (χ0v) is 17.2. The Morgan fingerprint density at radius 1 is 0.933 bits per heavy atom. The lowest BCUT2D eigenvalue weighted by Crippen LogP contribution is -2.45. The van der Waals surface area contributed by atoms with Crippen molar-refractivity contribution in [2.75, 3.05) is 28.4 Å². The van der Waals surface area contributed by atoms with Gasteiger partial charge in [0, 0.05) is 5.56 Å². The minimum absolute atomic E-state index is 0.282. The van der Waals surface area contributed by atoms with Crippen molar-refractivity contribution in [3.8, 4) is 17.2 Å². The van der Waals surface area contributed by atoms with Crippen molar-refractivity contribution in [1.29, 1.82) is 0 Å². The van der Waals surface area contributed by atoms with Gasteiger partial charge in [0.15, 0.2) is 23.3 Å². The SMILES string of the molecule is COC(=O)C1N=NN(Cc2ccc(OC)cc2)C1C(=O)c1ccc(OC)c(OC)c1. The van der Waals surface area contributed by atoms with E-state index in [4.69, 9.17) is 18.9 Å². The molecule has 0 amide bonds.